The standard InChI is InChI=1S/C22H20/c1-5-11-17(4)22(16(3)6-2)20-14-9-7-12-18(20)19-13-8-10-15-21(19)22/h5-15H,2-4H2,1H3/b11-5-. The Morgan fingerprint density at radius 1 is 0.864 bits per heavy atom. The van der Waals surface area contributed by atoms with Gasteiger partial charge in [-0.3, -0.25) is 0 Å². The lowest BCUT2D eigenvalue weighted by atomic mass is 9.67. The number of allylic oxidation sites excluding steroid dienone is 5. The molecule has 0 aromatic heterocycles. The first kappa shape index (κ1) is 14.3. The van der Waals surface area contributed by atoms with Crippen molar-refractivity contribution in [1.82, 2.24) is 0 Å². The Bertz CT molecular complexity index is 757. The maximum absolute atomic E-state index is 4.37. The molecular weight excluding hydrogens is 264 g/mol. The van der Waals surface area contributed by atoms with Gasteiger partial charge in [-0.1, -0.05) is 86.5 Å². The lowest BCUT2D eigenvalue weighted by Crippen LogP contribution is -2.28. The molecule has 0 saturated carbocycles. The highest BCUT2D eigenvalue weighted by molar-refractivity contribution is 5.86. The molecule has 0 amide bonds. The average molecular weight is 284 g/mol. The highest BCUT2D eigenvalue weighted by Gasteiger charge is 2.45. The summed E-state index contributed by atoms with van der Waals surface area (Å²) in [4.78, 5) is 0. The van der Waals surface area contributed by atoms with Crippen LogP contribution in [-0.4, -0.2) is 0 Å². The number of fused-ring (bicyclic) bond motifs is 3. The Balaban J connectivity index is 2.46. The Kier molecular flexibility index (Phi) is 3.46. The molecule has 0 heterocycles. The van der Waals surface area contributed by atoms with E-state index in [1.54, 1.807) is 0 Å². The Morgan fingerprint density at radius 2 is 1.36 bits per heavy atom. The molecule has 22 heavy (non-hydrogen) atoms. The van der Waals surface area contributed by atoms with Gasteiger partial charge in [-0.05, 0) is 40.3 Å². The molecule has 0 radical (unpaired) electrons. The van der Waals surface area contributed by atoms with E-state index >= 15 is 0 Å². The lowest BCUT2D eigenvalue weighted by molar-refractivity contribution is 0.772. The maximum Gasteiger partial charge on any atom is 0.0701 e. The summed E-state index contributed by atoms with van der Waals surface area (Å²) in [5.74, 6) is 0. The van der Waals surface area contributed by atoms with Crippen LogP contribution < -0.4 is 0 Å². The number of hydrogen-bond acceptors (Lipinski definition) is 0. The smallest absolute Gasteiger partial charge is 0.0701 e. The molecule has 0 nitrogen and oxygen atoms in total. The van der Waals surface area contributed by atoms with Crippen LogP contribution in [0, 0.1) is 0 Å². The third-order valence-electron chi connectivity index (χ3n) is 4.53. The van der Waals surface area contributed by atoms with Crippen LogP contribution in [0.15, 0.2) is 97.6 Å². The molecule has 1 aliphatic carbocycles. The van der Waals surface area contributed by atoms with Gasteiger partial charge in [0.25, 0.3) is 0 Å². The Labute approximate surface area is 132 Å². The summed E-state index contributed by atoms with van der Waals surface area (Å²) in [6.07, 6.45) is 5.96. The minimum atomic E-state index is -0.415. The predicted octanol–water partition coefficient (Wildman–Crippen LogP) is 5.83. The summed E-state index contributed by atoms with van der Waals surface area (Å²) < 4.78 is 0. The molecule has 2 aromatic rings. The van der Waals surface area contributed by atoms with Crippen molar-refractivity contribution in [3.05, 3.63) is 109 Å². The SMILES string of the molecule is C=CC(=C)C1(C(=C)/C=C\C)c2ccccc2-c2ccccc21. The second-order valence-electron chi connectivity index (χ2n) is 5.60. The third-order valence-corrected chi connectivity index (χ3v) is 4.53. The summed E-state index contributed by atoms with van der Waals surface area (Å²) in [5.41, 5.74) is 6.57. The highest BCUT2D eigenvalue weighted by Crippen LogP contribution is 2.56. The zero-order chi connectivity index (χ0) is 15.7. The second kappa shape index (κ2) is 5.31. The predicted molar refractivity (Wildman–Crippen MR) is 95.9 cm³/mol. The van der Waals surface area contributed by atoms with Crippen molar-refractivity contribution in [2.75, 3.05) is 0 Å². The van der Waals surface area contributed by atoms with E-state index in [4.69, 9.17) is 0 Å². The van der Waals surface area contributed by atoms with E-state index in [2.05, 4.69) is 74.3 Å². The average Bonchev–Trinajstić information content (AvgIpc) is 2.86. The van der Waals surface area contributed by atoms with E-state index in [1.165, 1.54) is 22.3 Å². The van der Waals surface area contributed by atoms with E-state index in [9.17, 15) is 0 Å². The molecule has 0 unspecified atom stereocenters. The van der Waals surface area contributed by atoms with Gasteiger partial charge in [0, 0.05) is 0 Å². The van der Waals surface area contributed by atoms with Gasteiger partial charge in [0.15, 0.2) is 0 Å². The van der Waals surface area contributed by atoms with Crippen LogP contribution in [0.2, 0.25) is 0 Å². The maximum atomic E-state index is 4.37. The fourth-order valence-electron chi connectivity index (χ4n) is 3.61. The van der Waals surface area contributed by atoms with Crippen molar-refractivity contribution in [1.29, 1.82) is 0 Å². The van der Waals surface area contributed by atoms with E-state index < -0.39 is 5.41 Å². The topological polar surface area (TPSA) is 0 Å². The van der Waals surface area contributed by atoms with Crippen LogP contribution in [0.1, 0.15) is 18.1 Å². The minimum absolute atomic E-state index is 0.415. The van der Waals surface area contributed by atoms with Gasteiger partial charge in [0.1, 0.15) is 0 Å². The number of hydrogen-bond donors (Lipinski definition) is 0. The van der Waals surface area contributed by atoms with E-state index in [-0.39, 0.29) is 0 Å². The monoisotopic (exact) mass is 284 g/mol. The van der Waals surface area contributed by atoms with Crippen molar-refractivity contribution in [2.24, 2.45) is 0 Å². The van der Waals surface area contributed by atoms with Crippen molar-refractivity contribution in [3.8, 4) is 11.1 Å². The van der Waals surface area contributed by atoms with Gasteiger partial charge in [-0.15, -0.1) is 0 Å². The lowest BCUT2D eigenvalue weighted by Gasteiger charge is -2.34. The van der Waals surface area contributed by atoms with Crippen LogP contribution in [0.5, 0.6) is 0 Å². The van der Waals surface area contributed by atoms with Gasteiger partial charge in [0.2, 0.25) is 0 Å². The van der Waals surface area contributed by atoms with Crippen molar-refractivity contribution >= 4 is 0 Å². The molecule has 0 bridgehead atoms. The molecule has 0 saturated heterocycles. The summed E-state index contributed by atoms with van der Waals surface area (Å²) in [5, 5.41) is 0. The molecule has 2 aromatic carbocycles. The second-order valence-corrected chi connectivity index (χ2v) is 5.60. The molecule has 0 aliphatic heterocycles. The fourth-order valence-corrected chi connectivity index (χ4v) is 3.61. The first-order valence-corrected chi connectivity index (χ1v) is 7.51. The zero-order valence-corrected chi connectivity index (χ0v) is 13.0. The van der Waals surface area contributed by atoms with Gasteiger partial charge in [0.05, 0.1) is 5.41 Å². The highest BCUT2D eigenvalue weighted by atomic mass is 14.5. The molecular formula is C22H20. The van der Waals surface area contributed by atoms with Crippen molar-refractivity contribution in [2.45, 2.75) is 12.3 Å². The third kappa shape index (κ3) is 1.70. The Morgan fingerprint density at radius 3 is 1.82 bits per heavy atom. The summed E-state index contributed by atoms with van der Waals surface area (Å²) in [7, 11) is 0. The van der Waals surface area contributed by atoms with Crippen LogP contribution in [0.25, 0.3) is 11.1 Å². The summed E-state index contributed by atoms with van der Waals surface area (Å²) in [6, 6.07) is 17.0. The minimum Gasteiger partial charge on any atom is -0.0988 e. The van der Waals surface area contributed by atoms with Crippen LogP contribution in [0.4, 0.5) is 0 Å². The van der Waals surface area contributed by atoms with E-state index in [1.807, 2.05) is 19.1 Å². The van der Waals surface area contributed by atoms with Crippen LogP contribution in [-0.2, 0) is 5.41 Å². The van der Waals surface area contributed by atoms with Crippen LogP contribution in [0.3, 0.4) is 0 Å². The van der Waals surface area contributed by atoms with Gasteiger partial charge < -0.3 is 0 Å². The molecule has 3 rings (SSSR count). The van der Waals surface area contributed by atoms with Gasteiger partial charge in [-0.2, -0.15) is 0 Å². The first-order valence-electron chi connectivity index (χ1n) is 7.51. The molecule has 0 atom stereocenters. The largest absolute Gasteiger partial charge is 0.0988 e. The summed E-state index contributed by atoms with van der Waals surface area (Å²) in [6.45, 7) is 14.7. The van der Waals surface area contributed by atoms with E-state index in [0.717, 1.165) is 11.1 Å². The van der Waals surface area contributed by atoms with Crippen LogP contribution >= 0.6 is 0 Å². The quantitative estimate of drug-likeness (QED) is 0.620. The summed E-state index contributed by atoms with van der Waals surface area (Å²) >= 11 is 0. The van der Waals surface area contributed by atoms with Gasteiger partial charge in [-0.25, -0.2) is 0 Å². The first-order chi connectivity index (χ1) is 10.7. The molecule has 0 fully saturated rings. The zero-order valence-electron chi connectivity index (χ0n) is 13.0. The van der Waals surface area contributed by atoms with Crippen molar-refractivity contribution in [3.63, 3.8) is 0 Å². The van der Waals surface area contributed by atoms with Gasteiger partial charge >= 0.3 is 0 Å². The molecule has 1 aliphatic rings. The molecule has 0 heteroatoms. The Hall–Kier alpha value is -2.60. The molecule has 0 N–H and O–H groups in total. The fraction of sp³-hybridized carbons (Fsp3) is 0.0909. The van der Waals surface area contributed by atoms with Crippen molar-refractivity contribution < 1.29 is 0 Å². The number of rotatable bonds is 4. The molecule has 108 valence electrons. The number of benzene rings is 2. The van der Waals surface area contributed by atoms with E-state index in [0.29, 0.717) is 0 Å². The normalized spacial score (nSPS) is 14.4. The molecule has 0 spiro atoms.